The topological polar surface area (TPSA) is 238 Å². The van der Waals surface area contributed by atoms with E-state index in [1.54, 1.807) is 45.0 Å². The summed E-state index contributed by atoms with van der Waals surface area (Å²) in [4.78, 5) is 50.1. The number of carboxylic acids is 1. The number of nitrogens with two attached hydrogens (primary N) is 1. The third-order valence-electron chi connectivity index (χ3n) is 7.49. The molecule has 19 heteroatoms. The number of carbonyl (C=O) groups is 4. The molecule has 5 N–H and O–H groups in total. The first-order chi connectivity index (χ1) is 23.2. The van der Waals surface area contributed by atoms with Crippen molar-refractivity contribution in [2.45, 2.75) is 81.6 Å². The minimum atomic E-state index is -4.26. The lowest BCUT2D eigenvalue weighted by Crippen LogP contribution is -2.54. The lowest BCUT2D eigenvalue weighted by molar-refractivity contribution is -0.175. The Hall–Kier alpha value is -3.65. The number of carbonyl (C=O) groups excluding carboxylic acids is 3. The molecule has 2 aromatic carbocycles. The third kappa shape index (κ3) is 11.4. The number of aliphatic carboxylic acids is 1. The largest absolute Gasteiger partial charge is 0.480 e. The van der Waals surface area contributed by atoms with Crippen LogP contribution in [-0.2, 0) is 66.6 Å². The maximum absolute atomic E-state index is 13.1. The van der Waals surface area contributed by atoms with Gasteiger partial charge in [-0.3, -0.25) is 19.7 Å². The molecule has 276 valence electrons. The number of ether oxygens (including phenoxy) is 3. The van der Waals surface area contributed by atoms with Gasteiger partial charge < -0.3 is 24.2 Å². The van der Waals surface area contributed by atoms with Gasteiger partial charge in [0.05, 0.1) is 34.6 Å². The van der Waals surface area contributed by atoms with Crippen molar-refractivity contribution in [3.05, 3.63) is 58.6 Å². The Labute approximate surface area is 295 Å². The van der Waals surface area contributed by atoms with Crippen LogP contribution in [0.25, 0.3) is 0 Å². The van der Waals surface area contributed by atoms with Gasteiger partial charge in [-0.1, -0.05) is 35.9 Å². The summed E-state index contributed by atoms with van der Waals surface area (Å²) in [6.07, 6.45) is 0.842. The van der Waals surface area contributed by atoms with Crippen LogP contribution in [0.5, 0.6) is 0 Å². The van der Waals surface area contributed by atoms with E-state index in [0.717, 1.165) is 18.2 Å². The summed E-state index contributed by atoms with van der Waals surface area (Å²) in [5, 5.41) is 17.2. The number of benzene rings is 2. The monoisotopic (exact) mass is 760 g/mol. The fourth-order valence-corrected chi connectivity index (χ4v) is 6.92. The predicted octanol–water partition coefficient (Wildman–Crippen LogP) is 1.49. The van der Waals surface area contributed by atoms with Gasteiger partial charge in [0.2, 0.25) is 32.7 Å². The molecule has 3 rings (SSSR count). The minimum absolute atomic E-state index is 0.00681. The molecule has 1 amide bonds. The maximum Gasteiger partial charge on any atom is 0.328 e. The number of amides is 1. The number of halogens is 1. The first-order valence-electron chi connectivity index (χ1n) is 15.3. The number of nitrogens with zero attached hydrogens (tertiary/aromatic N) is 1. The molecule has 0 radical (unpaired) electrons. The molecule has 0 aliphatic carbocycles. The zero-order valence-electron chi connectivity index (χ0n) is 27.9. The van der Waals surface area contributed by atoms with E-state index < -0.39 is 79.1 Å². The average molecular weight is 761 g/mol. The number of likely N-dealkylation sites (tertiary alicyclic amines) is 1. The number of rotatable bonds is 16. The molecular formula is C31H41ClN4O12S2. The van der Waals surface area contributed by atoms with Gasteiger partial charge >= 0.3 is 17.9 Å². The Bertz CT molecular complexity index is 1780. The van der Waals surface area contributed by atoms with Crippen LogP contribution in [0.1, 0.15) is 51.7 Å². The van der Waals surface area contributed by atoms with E-state index in [1.165, 1.54) is 11.8 Å². The third-order valence-corrected chi connectivity index (χ3v) is 10.3. The quantitative estimate of drug-likeness (QED) is 0.140. The number of sulfonamides is 2. The molecule has 1 saturated heterocycles. The fraction of sp³-hybridized carbons (Fsp3) is 0.484. The van der Waals surface area contributed by atoms with Gasteiger partial charge in [0.15, 0.2) is 0 Å². The molecule has 1 fully saturated rings. The summed E-state index contributed by atoms with van der Waals surface area (Å²) >= 11 is 5.84. The second-order valence-corrected chi connectivity index (χ2v) is 16.2. The summed E-state index contributed by atoms with van der Waals surface area (Å²) in [7, 11) is -8.39. The number of carboxylic acid groups (broad SMARTS) is 1. The highest BCUT2D eigenvalue weighted by atomic mass is 35.5. The molecule has 16 nitrogen and oxygen atoms in total. The maximum atomic E-state index is 13.1. The van der Waals surface area contributed by atoms with Crippen LogP contribution in [0.3, 0.4) is 0 Å². The van der Waals surface area contributed by atoms with E-state index in [2.05, 4.69) is 10.0 Å². The first-order valence-corrected chi connectivity index (χ1v) is 18.7. The molecule has 0 unspecified atom stereocenters. The SMILES string of the molecule is C[C@H](N[C@@H](COCc1ccc(CNS(=O)(=O)c2ccc(Cl)c(S(N)(=O)=O)c2)cc1)C(=O)OCOC(=O)C(C)(C)C)C(=O)N1CCC[C@H]1C(=O)O. The molecule has 1 aliphatic rings. The Morgan fingerprint density at radius 2 is 1.68 bits per heavy atom. The molecule has 1 heterocycles. The molecular weight excluding hydrogens is 720 g/mol. The molecule has 0 aromatic heterocycles. The summed E-state index contributed by atoms with van der Waals surface area (Å²) in [5.74, 6) is -3.10. The Morgan fingerprint density at radius 3 is 2.28 bits per heavy atom. The van der Waals surface area contributed by atoms with E-state index in [9.17, 15) is 41.1 Å². The van der Waals surface area contributed by atoms with Crippen LogP contribution in [0.2, 0.25) is 5.02 Å². The van der Waals surface area contributed by atoms with Gasteiger partial charge in [-0.2, -0.15) is 0 Å². The summed E-state index contributed by atoms with van der Waals surface area (Å²) < 4.78 is 67.3. The van der Waals surface area contributed by atoms with E-state index in [-0.39, 0.29) is 36.2 Å². The fourth-order valence-electron chi connectivity index (χ4n) is 4.73. The zero-order chi connectivity index (χ0) is 37.4. The average Bonchev–Trinajstić information content (AvgIpc) is 3.53. The van der Waals surface area contributed by atoms with Gasteiger partial charge in [0.25, 0.3) is 0 Å². The molecule has 3 atom stereocenters. The minimum Gasteiger partial charge on any atom is -0.480 e. The van der Waals surface area contributed by atoms with Crippen LogP contribution < -0.4 is 15.2 Å². The number of nitrogens with one attached hydrogen (secondary N) is 2. The van der Waals surface area contributed by atoms with Crippen LogP contribution in [0.4, 0.5) is 0 Å². The number of hydrogen-bond donors (Lipinski definition) is 4. The van der Waals surface area contributed by atoms with Gasteiger partial charge in [-0.05, 0) is 69.9 Å². The summed E-state index contributed by atoms with van der Waals surface area (Å²) in [6.45, 7) is 5.54. The van der Waals surface area contributed by atoms with Crippen LogP contribution in [-0.4, -0.2) is 88.7 Å². The van der Waals surface area contributed by atoms with Crippen molar-refractivity contribution in [3.8, 4) is 0 Å². The van der Waals surface area contributed by atoms with Crippen LogP contribution in [0.15, 0.2) is 52.3 Å². The van der Waals surface area contributed by atoms with Crippen LogP contribution >= 0.6 is 11.6 Å². The van der Waals surface area contributed by atoms with Crippen molar-refractivity contribution >= 4 is 55.5 Å². The number of primary sulfonamides is 1. The highest BCUT2D eigenvalue weighted by molar-refractivity contribution is 7.90. The zero-order valence-corrected chi connectivity index (χ0v) is 30.3. The molecule has 2 aromatic rings. The normalized spacial score (nSPS) is 16.4. The molecule has 0 bridgehead atoms. The first kappa shape index (κ1) is 40.8. The predicted molar refractivity (Wildman–Crippen MR) is 178 cm³/mol. The van der Waals surface area contributed by atoms with Crippen molar-refractivity contribution in [3.63, 3.8) is 0 Å². The molecule has 0 saturated carbocycles. The van der Waals surface area contributed by atoms with Crippen LogP contribution in [0, 0.1) is 5.41 Å². The molecule has 50 heavy (non-hydrogen) atoms. The van der Waals surface area contributed by atoms with E-state index >= 15 is 0 Å². The van der Waals surface area contributed by atoms with Crippen molar-refractivity contribution in [1.82, 2.24) is 14.9 Å². The molecule has 1 aliphatic heterocycles. The number of hydrogen-bond acceptors (Lipinski definition) is 12. The number of esters is 2. The highest BCUT2D eigenvalue weighted by Gasteiger charge is 2.37. The van der Waals surface area contributed by atoms with Crippen molar-refractivity contribution in [2.24, 2.45) is 10.6 Å². The Morgan fingerprint density at radius 1 is 1.04 bits per heavy atom. The Balaban J connectivity index is 1.62. The van der Waals surface area contributed by atoms with Gasteiger partial charge in [-0.25, -0.2) is 31.5 Å². The van der Waals surface area contributed by atoms with Gasteiger partial charge in [0.1, 0.15) is 17.0 Å². The van der Waals surface area contributed by atoms with Gasteiger partial charge in [0, 0.05) is 13.1 Å². The second-order valence-electron chi connectivity index (χ2n) is 12.5. The van der Waals surface area contributed by atoms with Crippen molar-refractivity contribution in [2.75, 3.05) is 19.9 Å². The van der Waals surface area contributed by atoms with Crippen molar-refractivity contribution < 1.29 is 55.3 Å². The van der Waals surface area contributed by atoms with E-state index in [0.29, 0.717) is 24.0 Å². The smallest absolute Gasteiger partial charge is 0.328 e. The lowest BCUT2D eigenvalue weighted by atomic mass is 9.98. The molecule has 0 spiro atoms. The van der Waals surface area contributed by atoms with E-state index in [1.807, 2.05) is 0 Å². The highest BCUT2D eigenvalue weighted by Crippen LogP contribution is 2.24. The standard InChI is InChI=1S/C31H41ClN4O12S2/c1-19(27(37)36-13-5-6-25(36)28(38)39)35-24(29(40)47-18-48-30(41)31(2,3)4)17-46-16-21-9-7-20(8-10-21)15-34-50(44,45)22-11-12-23(32)26(14-22)49(33,42)43/h7-12,14,19,24-25,34-35H,5-6,13,15-18H2,1-4H3,(H,38,39)(H2,33,42,43)/t19-,24-,25-/m0/s1. The van der Waals surface area contributed by atoms with E-state index in [4.69, 9.17) is 31.0 Å². The Kier molecular flexibility index (Phi) is 13.9. The lowest BCUT2D eigenvalue weighted by Gasteiger charge is -2.27. The summed E-state index contributed by atoms with van der Waals surface area (Å²) in [5.41, 5.74) is 0.365. The summed E-state index contributed by atoms with van der Waals surface area (Å²) in [6, 6.07) is 6.53. The van der Waals surface area contributed by atoms with Crippen molar-refractivity contribution in [1.29, 1.82) is 0 Å². The second kappa shape index (κ2) is 17.0. The van der Waals surface area contributed by atoms with Gasteiger partial charge in [-0.15, -0.1) is 0 Å².